The van der Waals surface area contributed by atoms with Gasteiger partial charge in [0, 0.05) is 32.6 Å². The molecule has 20 heavy (non-hydrogen) atoms. The minimum atomic E-state index is 0.159. The quantitative estimate of drug-likeness (QED) is 0.868. The SMILES string of the molecule is COCC(Nc1ccc(N(C)C)cc1)c1ccccc1. The van der Waals surface area contributed by atoms with E-state index in [4.69, 9.17) is 4.74 Å². The topological polar surface area (TPSA) is 24.5 Å². The van der Waals surface area contributed by atoms with Crippen LogP contribution in [0.25, 0.3) is 0 Å². The molecule has 1 N–H and O–H groups in total. The minimum Gasteiger partial charge on any atom is -0.382 e. The van der Waals surface area contributed by atoms with Crippen molar-refractivity contribution in [1.82, 2.24) is 0 Å². The third-order valence-corrected chi connectivity index (χ3v) is 3.26. The molecule has 1 unspecified atom stereocenters. The largest absolute Gasteiger partial charge is 0.382 e. The summed E-state index contributed by atoms with van der Waals surface area (Å²) >= 11 is 0. The molecule has 0 aliphatic heterocycles. The molecule has 1 atom stereocenters. The summed E-state index contributed by atoms with van der Waals surface area (Å²) in [5, 5.41) is 3.52. The van der Waals surface area contributed by atoms with Crippen LogP contribution in [-0.4, -0.2) is 27.8 Å². The minimum absolute atomic E-state index is 0.159. The number of rotatable bonds is 6. The molecule has 0 amide bonds. The van der Waals surface area contributed by atoms with Gasteiger partial charge in [0.25, 0.3) is 0 Å². The number of methoxy groups -OCH3 is 1. The van der Waals surface area contributed by atoms with E-state index in [2.05, 4.69) is 58.7 Å². The molecule has 0 aliphatic rings. The Morgan fingerprint density at radius 1 is 1.00 bits per heavy atom. The summed E-state index contributed by atoms with van der Waals surface area (Å²) in [5.41, 5.74) is 3.52. The van der Waals surface area contributed by atoms with Crippen molar-refractivity contribution in [3.63, 3.8) is 0 Å². The van der Waals surface area contributed by atoms with Crippen LogP contribution in [0.15, 0.2) is 54.6 Å². The number of benzene rings is 2. The third-order valence-electron chi connectivity index (χ3n) is 3.26. The smallest absolute Gasteiger partial charge is 0.0747 e. The Morgan fingerprint density at radius 2 is 1.65 bits per heavy atom. The van der Waals surface area contributed by atoms with Gasteiger partial charge in [-0.25, -0.2) is 0 Å². The monoisotopic (exact) mass is 270 g/mol. The van der Waals surface area contributed by atoms with E-state index in [0.29, 0.717) is 6.61 Å². The summed E-state index contributed by atoms with van der Waals surface area (Å²) in [7, 11) is 5.81. The van der Waals surface area contributed by atoms with Crippen molar-refractivity contribution in [2.75, 3.05) is 38.0 Å². The second-order valence-corrected chi connectivity index (χ2v) is 5.00. The van der Waals surface area contributed by atoms with Crippen LogP contribution < -0.4 is 10.2 Å². The molecule has 106 valence electrons. The molecular formula is C17H22N2O. The van der Waals surface area contributed by atoms with Crippen molar-refractivity contribution in [2.45, 2.75) is 6.04 Å². The zero-order chi connectivity index (χ0) is 14.4. The maximum Gasteiger partial charge on any atom is 0.0747 e. The Bertz CT molecular complexity index is 508. The van der Waals surface area contributed by atoms with Crippen molar-refractivity contribution in [1.29, 1.82) is 0 Å². The molecule has 0 aliphatic carbocycles. The molecule has 0 saturated carbocycles. The van der Waals surface area contributed by atoms with E-state index in [1.54, 1.807) is 7.11 Å². The first-order chi connectivity index (χ1) is 9.70. The van der Waals surface area contributed by atoms with Gasteiger partial charge in [0.05, 0.1) is 12.6 Å². The molecule has 3 heteroatoms. The lowest BCUT2D eigenvalue weighted by Gasteiger charge is -2.20. The van der Waals surface area contributed by atoms with Gasteiger partial charge in [-0.1, -0.05) is 30.3 Å². The number of hydrogen-bond acceptors (Lipinski definition) is 3. The number of anilines is 2. The Hall–Kier alpha value is -2.00. The van der Waals surface area contributed by atoms with Gasteiger partial charge in [-0.2, -0.15) is 0 Å². The van der Waals surface area contributed by atoms with Crippen LogP contribution in [0.2, 0.25) is 0 Å². The maximum absolute atomic E-state index is 5.32. The third kappa shape index (κ3) is 3.75. The molecule has 0 aromatic heterocycles. The van der Waals surface area contributed by atoms with E-state index in [1.165, 1.54) is 11.3 Å². The van der Waals surface area contributed by atoms with Crippen molar-refractivity contribution >= 4 is 11.4 Å². The summed E-state index contributed by atoms with van der Waals surface area (Å²) in [6.45, 7) is 0.638. The average Bonchev–Trinajstić information content (AvgIpc) is 2.48. The molecule has 2 aromatic rings. The Labute approximate surface area is 121 Å². The summed E-state index contributed by atoms with van der Waals surface area (Å²) in [6.07, 6.45) is 0. The van der Waals surface area contributed by atoms with E-state index in [1.807, 2.05) is 20.2 Å². The average molecular weight is 270 g/mol. The number of ether oxygens (including phenoxy) is 1. The molecule has 0 saturated heterocycles. The van der Waals surface area contributed by atoms with Crippen LogP contribution in [-0.2, 0) is 4.74 Å². The summed E-state index contributed by atoms with van der Waals surface area (Å²) < 4.78 is 5.32. The standard InChI is InChI=1S/C17H22N2O/c1-19(2)16-11-9-15(10-12-16)18-17(13-20-3)14-7-5-4-6-8-14/h4-12,17-18H,13H2,1-3H3. The fourth-order valence-electron chi connectivity index (χ4n) is 2.13. The summed E-state index contributed by atoms with van der Waals surface area (Å²) in [6, 6.07) is 18.9. The van der Waals surface area contributed by atoms with Crippen LogP contribution in [0.1, 0.15) is 11.6 Å². The lowest BCUT2D eigenvalue weighted by Crippen LogP contribution is -2.16. The van der Waals surface area contributed by atoms with Crippen LogP contribution >= 0.6 is 0 Å². The van der Waals surface area contributed by atoms with Crippen molar-refractivity contribution < 1.29 is 4.74 Å². The fourth-order valence-corrected chi connectivity index (χ4v) is 2.13. The van der Waals surface area contributed by atoms with Crippen LogP contribution in [0, 0.1) is 0 Å². The van der Waals surface area contributed by atoms with Crippen LogP contribution in [0.4, 0.5) is 11.4 Å². The maximum atomic E-state index is 5.32. The lowest BCUT2D eigenvalue weighted by atomic mass is 10.1. The predicted octanol–water partition coefficient (Wildman–Crippen LogP) is 3.55. The normalized spacial score (nSPS) is 11.9. The van der Waals surface area contributed by atoms with Gasteiger partial charge >= 0.3 is 0 Å². The van der Waals surface area contributed by atoms with Gasteiger partial charge in [-0.05, 0) is 29.8 Å². The molecule has 0 spiro atoms. The van der Waals surface area contributed by atoms with Gasteiger partial charge in [-0.3, -0.25) is 0 Å². The molecule has 2 aromatic carbocycles. The molecular weight excluding hydrogens is 248 g/mol. The highest BCUT2D eigenvalue weighted by Gasteiger charge is 2.10. The molecule has 0 bridgehead atoms. The summed E-state index contributed by atoms with van der Waals surface area (Å²) in [4.78, 5) is 2.09. The highest BCUT2D eigenvalue weighted by molar-refractivity contribution is 5.55. The second kappa shape index (κ2) is 6.96. The van der Waals surface area contributed by atoms with Gasteiger partial charge in [0.1, 0.15) is 0 Å². The van der Waals surface area contributed by atoms with Crippen molar-refractivity contribution in [3.8, 4) is 0 Å². The zero-order valence-electron chi connectivity index (χ0n) is 12.3. The molecule has 2 rings (SSSR count). The number of hydrogen-bond donors (Lipinski definition) is 1. The van der Waals surface area contributed by atoms with Crippen molar-refractivity contribution in [3.05, 3.63) is 60.2 Å². The highest BCUT2D eigenvalue weighted by Crippen LogP contribution is 2.22. The molecule has 0 heterocycles. The van der Waals surface area contributed by atoms with E-state index in [-0.39, 0.29) is 6.04 Å². The number of nitrogens with zero attached hydrogens (tertiary/aromatic N) is 1. The van der Waals surface area contributed by atoms with Gasteiger partial charge in [-0.15, -0.1) is 0 Å². The first-order valence-electron chi connectivity index (χ1n) is 6.78. The van der Waals surface area contributed by atoms with Gasteiger partial charge in [0.2, 0.25) is 0 Å². The first-order valence-corrected chi connectivity index (χ1v) is 6.78. The molecule has 0 radical (unpaired) electrons. The molecule has 3 nitrogen and oxygen atoms in total. The number of nitrogens with one attached hydrogen (secondary N) is 1. The van der Waals surface area contributed by atoms with E-state index in [0.717, 1.165) is 5.69 Å². The van der Waals surface area contributed by atoms with Gasteiger partial charge < -0.3 is 15.0 Å². The first kappa shape index (κ1) is 14.4. The zero-order valence-corrected chi connectivity index (χ0v) is 12.3. The van der Waals surface area contributed by atoms with E-state index < -0.39 is 0 Å². The van der Waals surface area contributed by atoms with Crippen LogP contribution in [0.3, 0.4) is 0 Å². The fraction of sp³-hybridized carbons (Fsp3) is 0.294. The Morgan fingerprint density at radius 3 is 2.20 bits per heavy atom. The van der Waals surface area contributed by atoms with Crippen LogP contribution in [0.5, 0.6) is 0 Å². The molecule has 0 fully saturated rings. The van der Waals surface area contributed by atoms with E-state index >= 15 is 0 Å². The highest BCUT2D eigenvalue weighted by atomic mass is 16.5. The lowest BCUT2D eigenvalue weighted by molar-refractivity contribution is 0.186. The summed E-state index contributed by atoms with van der Waals surface area (Å²) in [5.74, 6) is 0. The predicted molar refractivity (Wildman–Crippen MR) is 85.5 cm³/mol. The Kier molecular flexibility index (Phi) is 5.02. The van der Waals surface area contributed by atoms with E-state index in [9.17, 15) is 0 Å². The second-order valence-electron chi connectivity index (χ2n) is 5.00. The Balaban J connectivity index is 2.12. The van der Waals surface area contributed by atoms with Gasteiger partial charge in [0.15, 0.2) is 0 Å². The van der Waals surface area contributed by atoms with Crippen molar-refractivity contribution in [2.24, 2.45) is 0 Å².